The molecule has 0 atom stereocenters. The minimum atomic E-state index is -0.374. The van der Waals surface area contributed by atoms with Crippen LogP contribution >= 0.6 is 0 Å². The zero-order chi connectivity index (χ0) is 12.3. The van der Waals surface area contributed by atoms with Crippen LogP contribution in [0.5, 0.6) is 11.5 Å². The number of aromatic amines is 1. The Labute approximate surface area is 98.0 Å². The summed E-state index contributed by atoms with van der Waals surface area (Å²) in [6.07, 6.45) is 3.10. The van der Waals surface area contributed by atoms with Crippen molar-refractivity contribution in [3.63, 3.8) is 0 Å². The summed E-state index contributed by atoms with van der Waals surface area (Å²) in [6.45, 7) is 0. The summed E-state index contributed by atoms with van der Waals surface area (Å²) < 4.78 is 10.4. The average Bonchev–Trinajstić information content (AvgIpc) is 2.39. The maximum absolute atomic E-state index is 10.9. The molecule has 1 aromatic carbocycles. The van der Waals surface area contributed by atoms with E-state index >= 15 is 0 Å². The summed E-state index contributed by atoms with van der Waals surface area (Å²) in [5.41, 5.74) is 1.25. The summed E-state index contributed by atoms with van der Waals surface area (Å²) in [6, 6.07) is 5.45. The molecule has 0 aliphatic heterocycles. The van der Waals surface area contributed by atoms with Crippen molar-refractivity contribution >= 4 is 0 Å². The lowest BCUT2D eigenvalue weighted by Gasteiger charge is -2.09. The Morgan fingerprint density at radius 3 is 2.65 bits per heavy atom. The molecule has 0 amide bonds. The van der Waals surface area contributed by atoms with Crippen LogP contribution in [-0.2, 0) is 0 Å². The number of ether oxygens (including phenoxy) is 2. The summed E-state index contributed by atoms with van der Waals surface area (Å²) in [5, 5.41) is 0. The molecule has 0 aliphatic carbocycles. The van der Waals surface area contributed by atoms with Crippen LogP contribution in [-0.4, -0.2) is 24.2 Å². The van der Waals surface area contributed by atoms with Crippen LogP contribution in [0, 0.1) is 0 Å². The van der Waals surface area contributed by atoms with E-state index < -0.39 is 0 Å². The first-order valence-corrected chi connectivity index (χ1v) is 5.01. The number of hydrogen-bond donors (Lipinski definition) is 1. The van der Waals surface area contributed by atoms with Gasteiger partial charge in [0.05, 0.1) is 14.2 Å². The van der Waals surface area contributed by atoms with Gasteiger partial charge in [-0.05, 0) is 12.1 Å². The van der Waals surface area contributed by atoms with Gasteiger partial charge in [0, 0.05) is 29.6 Å². The van der Waals surface area contributed by atoms with Crippen LogP contribution < -0.4 is 15.2 Å². The fraction of sp³-hybridized carbons (Fsp3) is 0.167. The van der Waals surface area contributed by atoms with Crippen molar-refractivity contribution in [2.45, 2.75) is 0 Å². The third kappa shape index (κ3) is 2.28. The van der Waals surface area contributed by atoms with Gasteiger partial charge < -0.3 is 14.5 Å². The lowest BCUT2D eigenvalue weighted by Crippen LogP contribution is -2.08. The van der Waals surface area contributed by atoms with Crippen LogP contribution in [0.2, 0.25) is 0 Å². The Balaban J connectivity index is 2.51. The zero-order valence-corrected chi connectivity index (χ0v) is 9.56. The van der Waals surface area contributed by atoms with E-state index in [0.29, 0.717) is 11.5 Å². The molecular weight excluding hydrogens is 220 g/mol. The maximum atomic E-state index is 10.9. The predicted octanol–water partition coefficient (Wildman–Crippen LogP) is 1.45. The molecule has 0 saturated heterocycles. The molecule has 1 heterocycles. The molecule has 0 aliphatic rings. The molecule has 88 valence electrons. The number of H-pyrrole nitrogens is 1. The number of hydrogen-bond acceptors (Lipinski definition) is 4. The molecule has 17 heavy (non-hydrogen) atoms. The zero-order valence-electron chi connectivity index (χ0n) is 9.56. The standard InChI is InChI=1S/C12H12N2O3/c1-16-9-3-4-10(11(5-9)17-2)8-6-13-12(15)14-7-8/h3-7H,1-2H3,(H,13,14,15). The van der Waals surface area contributed by atoms with Gasteiger partial charge in [-0.2, -0.15) is 0 Å². The Bertz CT molecular complexity index is 558. The second-order valence-corrected chi connectivity index (χ2v) is 3.37. The molecule has 0 fully saturated rings. The number of methoxy groups -OCH3 is 2. The van der Waals surface area contributed by atoms with Gasteiger partial charge in [-0.3, -0.25) is 0 Å². The van der Waals surface area contributed by atoms with E-state index in [4.69, 9.17) is 9.47 Å². The summed E-state index contributed by atoms with van der Waals surface area (Å²) >= 11 is 0. The van der Waals surface area contributed by atoms with Crippen molar-refractivity contribution in [3.8, 4) is 22.6 Å². The first kappa shape index (κ1) is 11.2. The molecule has 0 saturated carbocycles. The Kier molecular flexibility index (Phi) is 3.09. The molecule has 5 nitrogen and oxygen atoms in total. The highest BCUT2D eigenvalue weighted by Gasteiger charge is 2.07. The fourth-order valence-electron chi connectivity index (χ4n) is 1.53. The van der Waals surface area contributed by atoms with Crippen molar-refractivity contribution in [1.29, 1.82) is 0 Å². The molecule has 0 radical (unpaired) electrons. The van der Waals surface area contributed by atoms with E-state index in [1.807, 2.05) is 12.1 Å². The third-order valence-corrected chi connectivity index (χ3v) is 2.39. The smallest absolute Gasteiger partial charge is 0.344 e. The number of rotatable bonds is 3. The van der Waals surface area contributed by atoms with Gasteiger partial charge >= 0.3 is 5.69 Å². The van der Waals surface area contributed by atoms with Crippen molar-refractivity contribution in [2.75, 3.05) is 14.2 Å². The first-order chi connectivity index (χ1) is 8.24. The van der Waals surface area contributed by atoms with Gasteiger partial charge in [-0.15, -0.1) is 0 Å². The average molecular weight is 232 g/mol. The van der Waals surface area contributed by atoms with E-state index in [9.17, 15) is 4.79 Å². The minimum absolute atomic E-state index is 0.374. The molecular formula is C12H12N2O3. The van der Waals surface area contributed by atoms with E-state index in [2.05, 4.69) is 9.97 Å². The van der Waals surface area contributed by atoms with E-state index in [1.54, 1.807) is 26.5 Å². The van der Waals surface area contributed by atoms with Gasteiger partial charge in [0.1, 0.15) is 11.5 Å². The van der Waals surface area contributed by atoms with Gasteiger partial charge in [0.15, 0.2) is 0 Å². The fourth-order valence-corrected chi connectivity index (χ4v) is 1.53. The second kappa shape index (κ2) is 4.69. The minimum Gasteiger partial charge on any atom is -0.497 e. The highest BCUT2D eigenvalue weighted by Crippen LogP contribution is 2.32. The van der Waals surface area contributed by atoms with Crippen molar-refractivity contribution in [1.82, 2.24) is 9.97 Å². The molecule has 1 N–H and O–H groups in total. The lowest BCUT2D eigenvalue weighted by atomic mass is 10.1. The van der Waals surface area contributed by atoms with E-state index in [1.165, 1.54) is 6.20 Å². The first-order valence-electron chi connectivity index (χ1n) is 5.01. The SMILES string of the molecule is COc1ccc(-c2cnc(=O)[nH]c2)c(OC)c1. The van der Waals surface area contributed by atoms with Crippen LogP contribution in [0.1, 0.15) is 0 Å². The van der Waals surface area contributed by atoms with Gasteiger partial charge in [0.2, 0.25) is 0 Å². The maximum Gasteiger partial charge on any atom is 0.344 e. The van der Waals surface area contributed by atoms with E-state index in [0.717, 1.165) is 11.1 Å². The number of aromatic nitrogens is 2. The lowest BCUT2D eigenvalue weighted by molar-refractivity contribution is 0.395. The van der Waals surface area contributed by atoms with Crippen LogP contribution in [0.4, 0.5) is 0 Å². The van der Waals surface area contributed by atoms with Crippen LogP contribution in [0.25, 0.3) is 11.1 Å². The van der Waals surface area contributed by atoms with Crippen LogP contribution in [0.15, 0.2) is 35.4 Å². The van der Waals surface area contributed by atoms with Crippen molar-refractivity contribution < 1.29 is 9.47 Å². The molecule has 0 unspecified atom stereocenters. The monoisotopic (exact) mass is 232 g/mol. The third-order valence-electron chi connectivity index (χ3n) is 2.39. The van der Waals surface area contributed by atoms with Gasteiger partial charge in [-0.25, -0.2) is 9.78 Å². The van der Waals surface area contributed by atoms with E-state index in [-0.39, 0.29) is 5.69 Å². The van der Waals surface area contributed by atoms with Crippen molar-refractivity contribution in [3.05, 3.63) is 41.1 Å². The van der Waals surface area contributed by atoms with Gasteiger partial charge in [-0.1, -0.05) is 0 Å². The number of benzene rings is 1. The Morgan fingerprint density at radius 1 is 1.24 bits per heavy atom. The molecule has 5 heteroatoms. The molecule has 0 spiro atoms. The summed E-state index contributed by atoms with van der Waals surface area (Å²) in [4.78, 5) is 17.1. The molecule has 2 rings (SSSR count). The number of nitrogens with one attached hydrogen (secondary N) is 1. The largest absolute Gasteiger partial charge is 0.497 e. The molecule has 1 aromatic heterocycles. The predicted molar refractivity (Wildman–Crippen MR) is 63.4 cm³/mol. The normalized spacial score (nSPS) is 10.0. The van der Waals surface area contributed by atoms with Gasteiger partial charge in [0.25, 0.3) is 0 Å². The highest BCUT2D eigenvalue weighted by atomic mass is 16.5. The highest BCUT2D eigenvalue weighted by molar-refractivity contribution is 5.70. The quantitative estimate of drug-likeness (QED) is 0.870. The summed E-state index contributed by atoms with van der Waals surface area (Å²) in [5.74, 6) is 1.38. The second-order valence-electron chi connectivity index (χ2n) is 3.37. The topological polar surface area (TPSA) is 64.2 Å². The molecule has 0 bridgehead atoms. The summed E-state index contributed by atoms with van der Waals surface area (Å²) in [7, 11) is 3.17. The Morgan fingerprint density at radius 2 is 2.06 bits per heavy atom. The van der Waals surface area contributed by atoms with Crippen LogP contribution in [0.3, 0.4) is 0 Å². The number of nitrogens with zero attached hydrogens (tertiary/aromatic N) is 1. The Hall–Kier alpha value is -2.30. The van der Waals surface area contributed by atoms with Crippen molar-refractivity contribution in [2.24, 2.45) is 0 Å². The molecule has 2 aromatic rings.